The number of hydrogen-bond acceptors (Lipinski definition) is 4. The van der Waals surface area contributed by atoms with Crippen molar-refractivity contribution in [3.8, 4) is 5.75 Å². The van der Waals surface area contributed by atoms with Crippen molar-refractivity contribution in [2.75, 3.05) is 13.2 Å². The van der Waals surface area contributed by atoms with Gasteiger partial charge in [0.05, 0.1) is 12.8 Å². The van der Waals surface area contributed by atoms with E-state index in [-0.39, 0.29) is 11.7 Å². The van der Waals surface area contributed by atoms with Crippen LogP contribution in [0.4, 0.5) is 0 Å². The van der Waals surface area contributed by atoms with Crippen molar-refractivity contribution in [2.45, 2.75) is 18.8 Å². The zero-order chi connectivity index (χ0) is 11.0. The Morgan fingerprint density at radius 1 is 1.38 bits per heavy atom. The number of hydrogen-bond donors (Lipinski definition) is 1. The average molecular weight is 219 g/mol. The van der Waals surface area contributed by atoms with Gasteiger partial charge in [0.25, 0.3) is 0 Å². The molecule has 0 aromatic carbocycles. The van der Waals surface area contributed by atoms with Gasteiger partial charge in [0.15, 0.2) is 5.65 Å². The topological polar surface area (TPSA) is 59.7 Å². The predicted octanol–water partition coefficient (Wildman–Crippen LogP) is 1.33. The molecule has 2 aromatic heterocycles. The SMILES string of the molecule is Oc1ccc2nnc(C3CCCOC3)n2c1. The molecule has 0 bridgehead atoms. The van der Waals surface area contributed by atoms with Gasteiger partial charge in [-0.1, -0.05) is 0 Å². The molecule has 1 atom stereocenters. The fraction of sp³-hybridized carbons (Fsp3) is 0.455. The third kappa shape index (κ3) is 1.53. The fourth-order valence-electron chi connectivity index (χ4n) is 2.12. The molecule has 5 heteroatoms. The number of fused-ring (bicyclic) bond motifs is 1. The van der Waals surface area contributed by atoms with Crippen LogP contribution in [0.2, 0.25) is 0 Å². The summed E-state index contributed by atoms with van der Waals surface area (Å²) in [5, 5.41) is 17.7. The van der Waals surface area contributed by atoms with Gasteiger partial charge in [0.1, 0.15) is 11.6 Å². The minimum Gasteiger partial charge on any atom is -0.506 e. The third-order valence-electron chi connectivity index (χ3n) is 2.94. The van der Waals surface area contributed by atoms with Gasteiger partial charge in [0, 0.05) is 12.5 Å². The molecule has 3 rings (SSSR count). The molecule has 5 nitrogen and oxygen atoms in total. The highest BCUT2D eigenvalue weighted by Crippen LogP contribution is 2.25. The summed E-state index contributed by atoms with van der Waals surface area (Å²) in [7, 11) is 0. The first kappa shape index (κ1) is 9.59. The van der Waals surface area contributed by atoms with Gasteiger partial charge in [-0.05, 0) is 25.0 Å². The lowest BCUT2D eigenvalue weighted by Gasteiger charge is -2.20. The number of aromatic hydroxyl groups is 1. The van der Waals surface area contributed by atoms with Crippen molar-refractivity contribution in [1.29, 1.82) is 0 Å². The van der Waals surface area contributed by atoms with E-state index >= 15 is 0 Å². The Labute approximate surface area is 92.7 Å². The summed E-state index contributed by atoms with van der Waals surface area (Å²) in [6.45, 7) is 1.52. The van der Waals surface area contributed by atoms with Crippen LogP contribution >= 0.6 is 0 Å². The molecule has 0 radical (unpaired) electrons. The molecule has 0 spiro atoms. The molecular formula is C11H13N3O2. The highest BCUT2D eigenvalue weighted by molar-refractivity contribution is 5.41. The van der Waals surface area contributed by atoms with Gasteiger partial charge in [-0.15, -0.1) is 10.2 Å². The van der Waals surface area contributed by atoms with Crippen LogP contribution in [0.15, 0.2) is 18.3 Å². The van der Waals surface area contributed by atoms with Gasteiger partial charge in [-0.2, -0.15) is 0 Å². The summed E-state index contributed by atoms with van der Waals surface area (Å²) >= 11 is 0. The number of ether oxygens (including phenoxy) is 1. The maximum atomic E-state index is 9.46. The van der Waals surface area contributed by atoms with Crippen molar-refractivity contribution < 1.29 is 9.84 Å². The average Bonchev–Trinajstić information content (AvgIpc) is 2.73. The van der Waals surface area contributed by atoms with E-state index in [0.29, 0.717) is 6.61 Å². The van der Waals surface area contributed by atoms with Crippen molar-refractivity contribution in [2.24, 2.45) is 0 Å². The van der Waals surface area contributed by atoms with Crippen LogP contribution in [0.1, 0.15) is 24.6 Å². The van der Waals surface area contributed by atoms with E-state index in [4.69, 9.17) is 4.74 Å². The molecule has 0 saturated carbocycles. The summed E-state index contributed by atoms with van der Waals surface area (Å²) in [5.74, 6) is 1.39. The Hall–Kier alpha value is -1.62. The molecule has 16 heavy (non-hydrogen) atoms. The smallest absolute Gasteiger partial charge is 0.161 e. The third-order valence-corrected chi connectivity index (χ3v) is 2.94. The number of nitrogens with zero attached hydrogens (tertiary/aromatic N) is 3. The maximum absolute atomic E-state index is 9.46. The van der Waals surface area contributed by atoms with Crippen LogP contribution in [-0.4, -0.2) is 32.9 Å². The molecule has 1 fully saturated rings. The molecule has 84 valence electrons. The van der Waals surface area contributed by atoms with Crippen LogP contribution < -0.4 is 0 Å². The second-order valence-corrected chi connectivity index (χ2v) is 4.09. The van der Waals surface area contributed by atoms with Crippen molar-refractivity contribution in [3.63, 3.8) is 0 Å². The van der Waals surface area contributed by atoms with E-state index in [1.807, 2.05) is 4.40 Å². The van der Waals surface area contributed by atoms with Gasteiger partial charge >= 0.3 is 0 Å². The van der Waals surface area contributed by atoms with E-state index in [0.717, 1.165) is 30.9 Å². The van der Waals surface area contributed by atoms with E-state index in [1.165, 1.54) is 0 Å². The van der Waals surface area contributed by atoms with E-state index in [2.05, 4.69) is 10.2 Å². The van der Waals surface area contributed by atoms with Crippen molar-refractivity contribution in [3.05, 3.63) is 24.2 Å². The zero-order valence-electron chi connectivity index (χ0n) is 8.83. The largest absolute Gasteiger partial charge is 0.506 e. The molecule has 0 aliphatic carbocycles. The maximum Gasteiger partial charge on any atom is 0.161 e. The van der Waals surface area contributed by atoms with Gasteiger partial charge in [0.2, 0.25) is 0 Å². The predicted molar refractivity (Wildman–Crippen MR) is 57.4 cm³/mol. The van der Waals surface area contributed by atoms with E-state index in [1.54, 1.807) is 18.3 Å². The van der Waals surface area contributed by atoms with Crippen LogP contribution in [0.5, 0.6) is 5.75 Å². The molecule has 0 amide bonds. The lowest BCUT2D eigenvalue weighted by atomic mass is 10.0. The lowest BCUT2D eigenvalue weighted by molar-refractivity contribution is 0.0777. The van der Waals surface area contributed by atoms with E-state index in [9.17, 15) is 5.11 Å². The van der Waals surface area contributed by atoms with Crippen molar-refractivity contribution >= 4 is 5.65 Å². The van der Waals surface area contributed by atoms with Gasteiger partial charge < -0.3 is 9.84 Å². The number of rotatable bonds is 1. The summed E-state index contributed by atoms with van der Waals surface area (Å²) in [6.07, 6.45) is 3.77. The van der Waals surface area contributed by atoms with Gasteiger partial charge in [-0.3, -0.25) is 4.40 Å². The van der Waals surface area contributed by atoms with Crippen LogP contribution in [0.25, 0.3) is 5.65 Å². The second kappa shape index (κ2) is 3.75. The highest BCUT2D eigenvalue weighted by atomic mass is 16.5. The minimum absolute atomic E-state index is 0.227. The van der Waals surface area contributed by atoms with Gasteiger partial charge in [-0.25, -0.2) is 0 Å². The normalized spacial score (nSPS) is 21.4. The molecular weight excluding hydrogens is 206 g/mol. The molecule has 1 unspecified atom stereocenters. The Kier molecular flexibility index (Phi) is 2.25. The molecule has 1 saturated heterocycles. The number of pyridine rings is 1. The minimum atomic E-state index is 0.227. The quantitative estimate of drug-likeness (QED) is 0.786. The first-order valence-electron chi connectivity index (χ1n) is 5.46. The number of aromatic nitrogens is 3. The standard InChI is InChI=1S/C11H13N3O2/c15-9-3-4-10-12-13-11(14(10)6-9)8-2-1-5-16-7-8/h3-4,6,8,15H,1-2,5,7H2. The summed E-state index contributed by atoms with van der Waals surface area (Å²) in [6, 6.07) is 3.38. The van der Waals surface area contributed by atoms with E-state index < -0.39 is 0 Å². The Bertz CT molecular complexity index is 503. The summed E-state index contributed by atoms with van der Waals surface area (Å²) < 4.78 is 7.28. The second-order valence-electron chi connectivity index (χ2n) is 4.09. The fourth-order valence-corrected chi connectivity index (χ4v) is 2.12. The monoisotopic (exact) mass is 219 g/mol. The molecule has 2 aromatic rings. The lowest BCUT2D eigenvalue weighted by Crippen LogP contribution is -2.17. The van der Waals surface area contributed by atoms with Crippen molar-refractivity contribution in [1.82, 2.24) is 14.6 Å². The van der Waals surface area contributed by atoms with Crippen LogP contribution in [0.3, 0.4) is 0 Å². The first-order chi connectivity index (χ1) is 7.84. The molecule has 1 aliphatic heterocycles. The first-order valence-corrected chi connectivity index (χ1v) is 5.46. The molecule has 3 heterocycles. The Balaban J connectivity index is 2.05. The Morgan fingerprint density at radius 2 is 2.31 bits per heavy atom. The summed E-state index contributed by atoms with van der Waals surface area (Å²) in [4.78, 5) is 0. The van der Waals surface area contributed by atoms with Crippen LogP contribution in [-0.2, 0) is 4.74 Å². The molecule has 1 N–H and O–H groups in total. The Morgan fingerprint density at radius 3 is 3.12 bits per heavy atom. The zero-order valence-corrected chi connectivity index (χ0v) is 8.83. The summed E-state index contributed by atoms with van der Waals surface area (Å²) in [5.41, 5.74) is 0.762. The van der Waals surface area contributed by atoms with Crippen LogP contribution in [0, 0.1) is 0 Å². The highest BCUT2D eigenvalue weighted by Gasteiger charge is 2.21. The molecule has 1 aliphatic rings.